The predicted octanol–water partition coefficient (Wildman–Crippen LogP) is 3.52. The average molecular weight is 404 g/mol. The van der Waals surface area contributed by atoms with Crippen LogP contribution >= 0.6 is 0 Å². The molecule has 0 spiro atoms. The van der Waals surface area contributed by atoms with Crippen LogP contribution in [-0.2, 0) is 16.6 Å². The van der Waals surface area contributed by atoms with Crippen molar-refractivity contribution in [1.29, 1.82) is 0 Å². The maximum Gasteiger partial charge on any atom is 0.243 e. The Morgan fingerprint density at radius 3 is 2.46 bits per heavy atom. The molecule has 7 nitrogen and oxygen atoms in total. The SMILES string of the molecule is Cc1cc(-c2cnc(C(C)C)nc2CN(C)S(=O)(=O)c2ccc(F)cc2)on1. The molecule has 0 fully saturated rings. The zero-order valence-electron chi connectivity index (χ0n) is 16.0. The summed E-state index contributed by atoms with van der Waals surface area (Å²) in [5, 5.41) is 3.88. The van der Waals surface area contributed by atoms with Crippen LogP contribution in [0.2, 0.25) is 0 Å². The van der Waals surface area contributed by atoms with E-state index in [1.54, 1.807) is 19.2 Å². The van der Waals surface area contributed by atoms with E-state index in [1.807, 2.05) is 13.8 Å². The first kappa shape index (κ1) is 20.1. The lowest BCUT2D eigenvalue weighted by molar-refractivity contribution is 0.424. The van der Waals surface area contributed by atoms with Gasteiger partial charge in [-0.25, -0.2) is 22.8 Å². The van der Waals surface area contributed by atoms with Gasteiger partial charge >= 0.3 is 0 Å². The summed E-state index contributed by atoms with van der Waals surface area (Å²) in [6, 6.07) is 6.45. The van der Waals surface area contributed by atoms with Crippen LogP contribution in [0.15, 0.2) is 45.9 Å². The molecule has 28 heavy (non-hydrogen) atoms. The Morgan fingerprint density at radius 2 is 1.89 bits per heavy atom. The monoisotopic (exact) mass is 404 g/mol. The van der Waals surface area contributed by atoms with E-state index in [4.69, 9.17) is 4.52 Å². The van der Waals surface area contributed by atoms with Crippen LogP contribution in [0, 0.1) is 12.7 Å². The van der Waals surface area contributed by atoms with Gasteiger partial charge in [-0.05, 0) is 31.2 Å². The Hall–Kier alpha value is -2.65. The topological polar surface area (TPSA) is 89.2 Å². The Morgan fingerprint density at radius 1 is 1.21 bits per heavy atom. The van der Waals surface area contributed by atoms with Gasteiger partial charge in [-0.1, -0.05) is 19.0 Å². The fourth-order valence-corrected chi connectivity index (χ4v) is 3.74. The molecule has 0 atom stereocenters. The first-order valence-electron chi connectivity index (χ1n) is 8.70. The highest BCUT2D eigenvalue weighted by molar-refractivity contribution is 7.89. The van der Waals surface area contributed by atoms with Crippen molar-refractivity contribution in [3.8, 4) is 11.3 Å². The van der Waals surface area contributed by atoms with Crippen LogP contribution in [0.25, 0.3) is 11.3 Å². The molecule has 0 bridgehead atoms. The molecule has 0 radical (unpaired) electrons. The number of rotatable bonds is 6. The normalized spacial score (nSPS) is 12.1. The van der Waals surface area contributed by atoms with Crippen molar-refractivity contribution in [2.45, 2.75) is 38.1 Å². The molecule has 0 amide bonds. The van der Waals surface area contributed by atoms with Crippen molar-refractivity contribution >= 4 is 10.0 Å². The summed E-state index contributed by atoms with van der Waals surface area (Å²) in [6.45, 7) is 5.70. The van der Waals surface area contributed by atoms with E-state index in [0.717, 1.165) is 12.1 Å². The minimum atomic E-state index is -3.82. The number of benzene rings is 1. The van der Waals surface area contributed by atoms with Gasteiger partial charge < -0.3 is 4.52 Å². The molecule has 148 valence electrons. The summed E-state index contributed by atoms with van der Waals surface area (Å²) in [7, 11) is -2.37. The minimum absolute atomic E-state index is 0.00295. The van der Waals surface area contributed by atoms with E-state index in [1.165, 1.54) is 23.5 Å². The average Bonchev–Trinajstić information content (AvgIpc) is 3.08. The number of hydrogen-bond acceptors (Lipinski definition) is 6. The Kier molecular flexibility index (Phi) is 5.57. The van der Waals surface area contributed by atoms with E-state index in [-0.39, 0.29) is 17.4 Å². The number of sulfonamides is 1. The highest BCUT2D eigenvalue weighted by Gasteiger charge is 2.24. The highest BCUT2D eigenvalue weighted by Crippen LogP contribution is 2.26. The van der Waals surface area contributed by atoms with Gasteiger partial charge in [0, 0.05) is 25.2 Å². The maximum atomic E-state index is 13.1. The number of hydrogen-bond donors (Lipinski definition) is 0. The first-order valence-corrected chi connectivity index (χ1v) is 10.1. The minimum Gasteiger partial charge on any atom is -0.356 e. The number of aromatic nitrogens is 3. The molecular formula is C19H21FN4O3S. The second-order valence-corrected chi connectivity index (χ2v) is 8.84. The van der Waals surface area contributed by atoms with Gasteiger partial charge in [0.15, 0.2) is 5.76 Å². The molecule has 0 saturated heterocycles. The second kappa shape index (κ2) is 7.76. The lowest BCUT2D eigenvalue weighted by atomic mass is 10.1. The Labute approximate surface area is 163 Å². The predicted molar refractivity (Wildman–Crippen MR) is 101 cm³/mol. The van der Waals surface area contributed by atoms with Crippen LogP contribution in [0.3, 0.4) is 0 Å². The molecule has 3 aromatic rings. The molecule has 9 heteroatoms. The summed E-state index contributed by atoms with van der Waals surface area (Å²) in [5.74, 6) is 0.642. The number of halogens is 1. The first-order chi connectivity index (χ1) is 13.2. The summed E-state index contributed by atoms with van der Waals surface area (Å²) >= 11 is 0. The van der Waals surface area contributed by atoms with Crippen molar-refractivity contribution in [2.24, 2.45) is 0 Å². The second-order valence-electron chi connectivity index (χ2n) is 6.79. The smallest absolute Gasteiger partial charge is 0.243 e. The fourth-order valence-electron chi connectivity index (χ4n) is 2.61. The van der Waals surface area contributed by atoms with Gasteiger partial charge in [-0.3, -0.25) is 0 Å². The molecule has 1 aromatic carbocycles. The lowest BCUT2D eigenvalue weighted by Crippen LogP contribution is -2.27. The van der Waals surface area contributed by atoms with E-state index >= 15 is 0 Å². The summed E-state index contributed by atoms with van der Waals surface area (Å²) in [6.07, 6.45) is 1.62. The van der Waals surface area contributed by atoms with Crippen molar-refractivity contribution < 1.29 is 17.3 Å². The van der Waals surface area contributed by atoms with Gasteiger partial charge in [-0.15, -0.1) is 0 Å². The van der Waals surface area contributed by atoms with Crippen molar-refractivity contribution in [3.05, 3.63) is 59.6 Å². The largest absolute Gasteiger partial charge is 0.356 e. The zero-order valence-corrected chi connectivity index (χ0v) is 16.9. The van der Waals surface area contributed by atoms with Crippen LogP contribution in [0.5, 0.6) is 0 Å². The van der Waals surface area contributed by atoms with Crippen molar-refractivity contribution in [3.63, 3.8) is 0 Å². The van der Waals surface area contributed by atoms with E-state index < -0.39 is 15.8 Å². The Balaban J connectivity index is 1.99. The highest BCUT2D eigenvalue weighted by atomic mass is 32.2. The third kappa shape index (κ3) is 4.10. The zero-order chi connectivity index (χ0) is 20.5. The van der Waals surface area contributed by atoms with Crippen molar-refractivity contribution in [2.75, 3.05) is 7.05 Å². The van der Waals surface area contributed by atoms with Crippen LogP contribution in [0.1, 0.15) is 37.0 Å². The quantitative estimate of drug-likeness (QED) is 0.624. The summed E-state index contributed by atoms with van der Waals surface area (Å²) < 4.78 is 45.3. The molecule has 3 rings (SSSR count). The van der Waals surface area contributed by atoms with E-state index in [2.05, 4.69) is 15.1 Å². The number of aryl methyl sites for hydroxylation is 1. The van der Waals surface area contributed by atoms with Crippen LogP contribution in [0.4, 0.5) is 4.39 Å². The van der Waals surface area contributed by atoms with Gasteiger partial charge in [0.25, 0.3) is 0 Å². The van der Waals surface area contributed by atoms with E-state index in [9.17, 15) is 12.8 Å². The lowest BCUT2D eigenvalue weighted by Gasteiger charge is -2.19. The molecule has 2 heterocycles. The van der Waals surface area contributed by atoms with Crippen molar-refractivity contribution in [1.82, 2.24) is 19.4 Å². The molecule has 0 aliphatic carbocycles. The fraction of sp³-hybridized carbons (Fsp3) is 0.316. The van der Waals surface area contributed by atoms with Gasteiger partial charge in [-0.2, -0.15) is 4.31 Å². The summed E-state index contributed by atoms with van der Waals surface area (Å²) in [4.78, 5) is 8.91. The Bertz CT molecular complexity index is 1080. The van der Waals surface area contributed by atoms with Gasteiger partial charge in [0.2, 0.25) is 10.0 Å². The van der Waals surface area contributed by atoms with E-state index in [0.29, 0.717) is 28.5 Å². The van der Waals surface area contributed by atoms with Gasteiger partial charge in [0.05, 0.1) is 28.4 Å². The van der Waals surface area contributed by atoms with Crippen LogP contribution in [-0.4, -0.2) is 34.9 Å². The molecule has 0 aliphatic rings. The third-order valence-electron chi connectivity index (χ3n) is 4.19. The van der Waals surface area contributed by atoms with Crippen LogP contribution < -0.4 is 0 Å². The molecule has 2 aromatic heterocycles. The third-order valence-corrected chi connectivity index (χ3v) is 6.01. The molecular weight excluding hydrogens is 383 g/mol. The molecule has 0 aliphatic heterocycles. The standard InChI is InChI=1S/C19H21FN4O3S/c1-12(2)19-21-10-16(18-9-13(3)23-27-18)17(22-19)11-24(4)28(25,26)15-7-5-14(20)6-8-15/h5-10,12H,11H2,1-4H3. The molecule has 0 unspecified atom stereocenters. The van der Waals surface area contributed by atoms with Gasteiger partial charge in [0.1, 0.15) is 11.6 Å². The molecule has 0 N–H and O–H groups in total. The number of nitrogens with zero attached hydrogens (tertiary/aromatic N) is 4. The maximum absolute atomic E-state index is 13.1. The molecule has 0 saturated carbocycles. The summed E-state index contributed by atoms with van der Waals surface area (Å²) in [5.41, 5.74) is 1.77.